The molecule has 6 rings (SSSR count). The van der Waals surface area contributed by atoms with E-state index >= 15 is 0 Å². The Hall–Kier alpha value is -2.66. The van der Waals surface area contributed by atoms with Crippen LogP contribution >= 0.6 is 11.3 Å². The normalized spacial score (nSPS) is 25.4. The quantitative estimate of drug-likeness (QED) is 0.347. The van der Waals surface area contributed by atoms with Gasteiger partial charge in [0.15, 0.2) is 6.61 Å². The zero-order valence-corrected chi connectivity index (χ0v) is 23.1. The molecule has 3 N–H and O–H groups in total. The van der Waals surface area contributed by atoms with Crippen LogP contribution in [0.3, 0.4) is 0 Å². The number of nitrogens with two attached hydrogens (primary N) is 1. The van der Waals surface area contributed by atoms with Gasteiger partial charge in [-0.05, 0) is 75.5 Å². The minimum Gasteiger partial charge on any atom is -0.460 e. The monoisotopic (exact) mass is 563 g/mol. The van der Waals surface area contributed by atoms with Crippen molar-refractivity contribution in [3.05, 3.63) is 39.9 Å². The molecule has 2 heterocycles. The van der Waals surface area contributed by atoms with E-state index in [9.17, 15) is 18.0 Å². The van der Waals surface area contributed by atoms with E-state index in [0.29, 0.717) is 22.2 Å². The van der Waals surface area contributed by atoms with Crippen molar-refractivity contribution in [1.82, 2.24) is 15.2 Å². The Labute approximate surface area is 231 Å². The maximum absolute atomic E-state index is 13.3. The van der Waals surface area contributed by atoms with Gasteiger partial charge < -0.3 is 20.7 Å². The third-order valence-electron chi connectivity index (χ3n) is 8.82. The lowest BCUT2D eigenvalue weighted by atomic mass is 9.56. The van der Waals surface area contributed by atoms with E-state index in [-0.39, 0.29) is 16.6 Å². The number of alkyl halides is 3. The largest absolute Gasteiger partial charge is 0.460 e. The maximum atomic E-state index is 13.3. The molecular weight excluding hydrogens is 527 g/mol. The van der Waals surface area contributed by atoms with Crippen LogP contribution in [0.1, 0.15) is 71.4 Å². The summed E-state index contributed by atoms with van der Waals surface area (Å²) in [5.41, 5.74) is 8.93. The number of thiazole rings is 1. The third-order valence-corrected chi connectivity index (χ3v) is 9.89. The van der Waals surface area contributed by atoms with Gasteiger partial charge in [0.1, 0.15) is 0 Å². The molecule has 0 unspecified atom stereocenters. The minimum absolute atomic E-state index is 0.0794. The fourth-order valence-electron chi connectivity index (χ4n) is 6.40. The minimum atomic E-state index is -4.35. The molecule has 11 heteroatoms. The van der Waals surface area contributed by atoms with Crippen molar-refractivity contribution in [3.8, 4) is 5.19 Å². The highest BCUT2D eigenvalue weighted by Crippen LogP contribution is 2.54. The van der Waals surface area contributed by atoms with Crippen molar-refractivity contribution < 1.29 is 22.7 Å². The molecule has 39 heavy (non-hydrogen) atoms. The molecule has 4 aliphatic rings. The Kier molecular flexibility index (Phi) is 7.92. The molecule has 1 amide bonds. The van der Waals surface area contributed by atoms with Gasteiger partial charge in [-0.15, -0.1) is 0 Å². The average Bonchev–Trinajstić information content (AvgIpc) is 3.21. The predicted octanol–water partition coefficient (Wildman–Crippen LogP) is 5.03. The van der Waals surface area contributed by atoms with Crippen molar-refractivity contribution in [3.63, 3.8) is 0 Å². The topological polar surface area (TPSA) is 92.8 Å². The van der Waals surface area contributed by atoms with Crippen molar-refractivity contribution in [2.75, 3.05) is 39.0 Å². The van der Waals surface area contributed by atoms with Crippen LogP contribution in [0.4, 0.5) is 18.9 Å². The standard InChI is InChI=1S/C28H36F3N5O2S/c1-33-17-20-19(3-2-4-21(20)32)24(37)35-27-10-7-26(8-11-27,9-12-27)13-16-36-14-5-22-23(6-15-36)39-25(34-22)38-18-28(29,30)31/h2-4,17H,5-16,18,32H2,1H3,(H,35,37). The lowest BCUT2D eigenvalue weighted by Crippen LogP contribution is -2.57. The first-order chi connectivity index (χ1) is 18.6. The number of carbonyl (C=O) groups is 1. The van der Waals surface area contributed by atoms with Gasteiger partial charge in [0.2, 0.25) is 0 Å². The van der Waals surface area contributed by atoms with Crippen molar-refractivity contribution in [1.29, 1.82) is 0 Å². The number of halogens is 3. The number of carbonyl (C=O) groups excluding carboxylic acids is 1. The second kappa shape index (κ2) is 11.1. The number of nitrogens with zero attached hydrogens (tertiary/aromatic N) is 3. The number of hydrogen-bond donors (Lipinski definition) is 2. The van der Waals surface area contributed by atoms with Crippen LogP contribution in [0.25, 0.3) is 0 Å². The Morgan fingerprint density at radius 2 is 1.92 bits per heavy atom. The highest BCUT2D eigenvalue weighted by Gasteiger charge is 2.49. The summed E-state index contributed by atoms with van der Waals surface area (Å²) in [5.74, 6) is -0.0794. The van der Waals surface area contributed by atoms with E-state index in [4.69, 9.17) is 10.5 Å². The van der Waals surface area contributed by atoms with Crippen LogP contribution in [0.5, 0.6) is 5.19 Å². The lowest BCUT2D eigenvalue weighted by molar-refractivity contribution is -0.153. The van der Waals surface area contributed by atoms with E-state index < -0.39 is 12.8 Å². The molecule has 2 aromatic rings. The van der Waals surface area contributed by atoms with Crippen molar-refractivity contribution in [2.45, 2.75) is 69.5 Å². The van der Waals surface area contributed by atoms with Gasteiger partial charge in [0.25, 0.3) is 11.1 Å². The summed E-state index contributed by atoms with van der Waals surface area (Å²) in [4.78, 5) is 25.2. The molecule has 0 radical (unpaired) electrons. The zero-order chi connectivity index (χ0) is 27.7. The number of nitrogens with one attached hydrogen (secondary N) is 1. The first kappa shape index (κ1) is 27.9. The SMILES string of the molecule is CN=Cc1c(N)cccc1C(=O)NC12CCC(CCN3CCc4nc(OCC(F)(F)F)sc4CC3)(CC1)CC2. The third kappa shape index (κ3) is 6.40. The highest BCUT2D eigenvalue weighted by atomic mass is 32.1. The van der Waals surface area contributed by atoms with E-state index in [2.05, 4.69) is 20.2 Å². The van der Waals surface area contributed by atoms with Crippen LogP contribution in [0.2, 0.25) is 0 Å². The smallest absolute Gasteiger partial charge is 0.422 e. The first-order valence-corrected chi connectivity index (χ1v) is 14.4. The summed E-state index contributed by atoms with van der Waals surface area (Å²) >= 11 is 1.25. The van der Waals surface area contributed by atoms with Gasteiger partial charge >= 0.3 is 6.18 Å². The number of aromatic nitrogens is 1. The number of ether oxygens (including phenoxy) is 1. The zero-order valence-electron chi connectivity index (χ0n) is 22.3. The van der Waals surface area contributed by atoms with Crippen LogP contribution in [-0.2, 0) is 12.8 Å². The van der Waals surface area contributed by atoms with Crippen molar-refractivity contribution in [2.24, 2.45) is 10.4 Å². The summed E-state index contributed by atoms with van der Waals surface area (Å²) in [6, 6.07) is 5.40. The van der Waals surface area contributed by atoms with Gasteiger partial charge in [-0.1, -0.05) is 17.4 Å². The predicted molar refractivity (Wildman–Crippen MR) is 147 cm³/mol. The van der Waals surface area contributed by atoms with Gasteiger partial charge in [-0.3, -0.25) is 9.79 Å². The molecule has 212 valence electrons. The molecular formula is C28H36F3N5O2S. The Morgan fingerprint density at radius 1 is 1.21 bits per heavy atom. The summed E-state index contributed by atoms with van der Waals surface area (Å²) in [6.45, 7) is 1.45. The molecule has 7 nitrogen and oxygen atoms in total. The highest BCUT2D eigenvalue weighted by molar-refractivity contribution is 7.13. The van der Waals surface area contributed by atoms with Gasteiger partial charge in [-0.2, -0.15) is 13.2 Å². The number of fused-ring (bicyclic) bond motifs is 4. The van der Waals surface area contributed by atoms with Crippen LogP contribution in [0, 0.1) is 5.41 Å². The number of aliphatic imine (C=N–C) groups is 1. The van der Waals surface area contributed by atoms with E-state index in [1.165, 1.54) is 11.3 Å². The number of anilines is 1. The van der Waals surface area contributed by atoms with Gasteiger partial charge in [-0.25, -0.2) is 4.98 Å². The molecule has 2 bridgehead atoms. The lowest BCUT2D eigenvalue weighted by Gasteiger charge is -2.54. The first-order valence-electron chi connectivity index (χ1n) is 13.6. The molecule has 0 atom stereocenters. The number of benzene rings is 1. The van der Waals surface area contributed by atoms with E-state index in [1.807, 2.05) is 0 Å². The number of amides is 1. The summed E-state index contributed by atoms with van der Waals surface area (Å²) < 4.78 is 42.2. The molecule has 1 aromatic heterocycles. The average molecular weight is 564 g/mol. The molecule has 3 saturated carbocycles. The molecule has 0 saturated heterocycles. The van der Waals surface area contributed by atoms with Crippen LogP contribution in [0.15, 0.2) is 23.2 Å². The number of rotatable bonds is 8. The Bertz CT molecular complexity index is 1180. The fourth-order valence-corrected chi connectivity index (χ4v) is 7.34. The molecule has 1 aromatic carbocycles. The second-order valence-electron chi connectivity index (χ2n) is 11.3. The van der Waals surface area contributed by atoms with Gasteiger partial charge in [0, 0.05) is 54.4 Å². The van der Waals surface area contributed by atoms with Crippen LogP contribution < -0.4 is 15.8 Å². The summed E-state index contributed by atoms with van der Waals surface area (Å²) in [7, 11) is 1.67. The van der Waals surface area contributed by atoms with Gasteiger partial charge in [0.05, 0.1) is 11.3 Å². The summed E-state index contributed by atoms with van der Waals surface area (Å²) in [5, 5.41) is 3.50. The van der Waals surface area contributed by atoms with E-state index in [1.54, 1.807) is 31.5 Å². The Morgan fingerprint density at radius 3 is 2.62 bits per heavy atom. The molecule has 1 aliphatic heterocycles. The second-order valence-corrected chi connectivity index (χ2v) is 12.3. The Balaban J connectivity index is 1.12. The van der Waals surface area contributed by atoms with E-state index in [0.717, 1.165) is 88.0 Å². The van der Waals surface area contributed by atoms with Crippen molar-refractivity contribution >= 4 is 29.1 Å². The molecule has 3 fully saturated rings. The molecule has 3 aliphatic carbocycles. The summed E-state index contributed by atoms with van der Waals surface area (Å²) in [6.07, 6.45) is 6.23. The van der Waals surface area contributed by atoms with Crippen LogP contribution in [-0.4, -0.2) is 67.0 Å². The number of nitrogen functional groups attached to an aromatic ring is 1. The molecule has 0 spiro atoms. The maximum Gasteiger partial charge on any atom is 0.422 e. The number of hydrogen-bond acceptors (Lipinski definition) is 7. The fraction of sp³-hybridized carbons (Fsp3) is 0.607.